The van der Waals surface area contributed by atoms with Crippen molar-refractivity contribution in [1.82, 2.24) is 48.0 Å². The Kier molecular flexibility index (Phi) is 35.1. The zero-order valence-corrected chi connectivity index (χ0v) is 73.7. The number of aromatic nitrogens is 8. The fraction of sp³-hybridized carbons (Fsp3) is 0.320. The van der Waals surface area contributed by atoms with Gasteiger partial charge in [-0.05, 0) is 214 Å². The van der Waals surface area contributed by atoms with Gasteiger partial charge in [-0.1, -0.05) is 170 Å². The summed E-state index contributed by atoms with van der Waals surface area (Å²) in [4.78, 5) is 50.0. The molecule has 13 aromatic rings. The lowest BCUT2D eigenvalue weighted by molar-refractivity contribution is 0.0950. The second-order valence-electron chi connectivity index (χ2n) is 31.4. The number of nitriles is 1. The zero-order valence-electron chi connectivity index (χ0n) is 72.9. The van der Waals surface area contributed by atoms with Crippen LogP contribution in [0.2, 0.25) is 0 Å². The van der Waals surface area contributed by atoms with E-state index < -0.39 is 0 Å². The largest absolute Gasteiger partial charge is 0.497 e. The molecule has 118 heavy (non-hydrogen) atoms. The molecule has 0 radical (unpaired) electrons. The van der Waals surface area contributed by atoms with Gasteiger partial charge >= 0.3 is 0 Å². The van der Waals surface area contributed by atoms with Crippen molar-refractivity contribution in [3.63, 3.8) is 0 Å². The quantitative estimate of drug-likeness (QED) is 0.0262. The topological polar surface area (TPSA) is 176 Å². The molecule has 1 atom stereocenters. The number of thiophene rings is 1. The molecule has 14 rings (SSSR count). The average molecular weight is 1600 g/mol. The second kappa shape index (κ2) is 45.3. The molecule has 0 amide bonds. The van der Waals surface area contributed by atoms with E-state index in [0.29, 0.717) is 64.4 Å². The fourth-order valence-corrected chi connectivity index (χ4v) is 13.7. The Labute approximate surface area is 704 Å². The summed E-state index contributed by atoms with van der Waals surface area (Å²) in [6, 6.07) is 61.0. The van der Waals surface area contributed by atoms with Crippen LogP contribution in [-0.2, 0) is 13.5 Å². The Morgan fingerprint density at radius 3 is 1.58 bits per heavy atom. The first kappa shape index (κ1) is 91.3. The van der Waals surface area contributed by atoms with E-state index in [2.05, 4.69) is 255 Å². The highest BCUT2D eigenvalue weighted by molar-refractivity contribution is 7.10. The number of carbonyl (C=O) groups excluding carboxylic acids is 1. The fourth-order valence-electron chi connectivity index (χ4n) is 12.8. The van der Waals surface area contributed by atoms with E-state index in [4.69, 9.17) is 24.5 Å². The molecule has 0 saturated carbocycles. The van der Waals surface area contributed by atoms with Crippen LogP contribution in [0.15, 0.2) is 265 Å². The highest BCUT2D eigenvalue weighted by Gasteiger charge is 2.29. The summed E-state index contributed by atoms with van der Waals surface area (Å²) in [6.07, 6.45) is 27.7. The number of imidazole rings is 3. The van der Waals surface area contributed by atoms with Gasteiger partial charge in [0.2, 0.25) is 5.96 Å². The monoisotopic (exact) mass is 1600 g/mol. The van der Waals surface area contributed by atoms with Gasteiger partial charge in [0.05, 0.1) is 56.4 Å². The van der Waals surface area contributed by atoms with Crippen molar-refractivity contribution in [2.45, 2.75) is 158 Å². The van der Waals surface area contributed by atoms with Gasteiger partial charge in [0.15, 0.2) is 28.9 Å². The van der Waals surface area contributed by atoms with Crippen LogP contribution in [0.4, 0.5) is 5.69 Å². The standard InChI is InChI=1S/C22H26O3.C18H20N2O.C14H20N4.C14H15NO.C12H14N2.C10H12N2S.C10H13N/c1-14(2)15-8-10-18-16(12-15)6-5-7-19(18)22(23)17-9-11-20(24-3)21(13-17)25-4;1-12(2)14-7-10-16-17(11-14)20(3)18(19-16)13-5-8-15(21-4)9-6-13;1-11(2)12-6-8-13(9-7-12)16-14(17(3)4)18(5)10-15;1-11(2)12-3-5-13(6-4-12)15-9-7-14(16)8-10-15;1-10(2)11-3-5-12(6-4-11)14-8-7-13-9-14;1-8(2)10-5-9(6-13-10)12-4-3-11-7-12;1-9(2)3-4-10-5-7-11-8-6-10/h8-14,19H,5-7H2,1-4H3;5-12H,1-4H3;6-9,11H,1-5H3;3-11H,1-2H3;3-10H,1-2H3;3-8H,1-2H3;3-9H,1-2H3/b;;;;;;4-3+. The lowest BCUT2D eigenvalue weighted by Gasteiger charge is -2.26. The molecule has 6 aromatic heterocycles. The number of ketones is 1. The van der Waals surface area contributed by atoms with E-state index >= 15 is 0 Å². The molecule has 0 aliphatic heterocycles. The van der Waals surface area contributed by atoms with E-state index in [1.54, 1.807) is 89.8 Å². The first-order valence-electron chi connectivity index (χ1n) is 40.6. The summed E-state index contributed by atoms with van der Waals surface area (Å²) >= 11 is 1.81. The van der Waals surface area contributed by atoms with Gasteiger partial charge < -0.3 is 37.4 Å². The van der Waals surface area contributed by atoms with E-state index in [-0.39, 0.29) is 17.1 Å². The Hall–Kier alpha value is -12.2. The predicted molar refractivity (Wildman–Crippen MR) is 489 cm³/mol. The molecular formula is C100H120N12O5S. The number of methoxy groups -OCH3 is 3. The number of hydrogen-bond acceptors (Lipinski definition) is 12. The molecule has 1 aliphatic rings. The molecule has 7 aromatic carbocycles. The van der Waals surface area contributed by atoms with Crippen LogP contribution in [0.3, 0.4) is 0 Å². The number of aryl methyl sites for hydroxylation is 2. The lowest BCUT2D eigenvalue weighted by Crippen LogP contribution is -2.34. The van der Waals surface area contributed by atoms with E-state index in [1.165, 1.54) is 65.5 Å². The van der Waals surface area contributed by atoms with Crippen LogP contribution in [-0.4, -0.2) is 102 Å². The predicted octanol–water partition coefficient (Wildman–Crippen LogP) is 24.0. The van der Waals surface area contributed by atoms with Crippen molar-refractivity contribution in [2.24, 2.45) is 18.0 Å². The first-order valence-corrected chi connectivity index (χ1v) is 41.5. The second-order valence-corrected chi connectivity index (χ2v) is 32.4. The number of fused-ring (bicyclic) bond motifs is 2. The molecule has 17 nitrogen and oxygen atoms in total. The Morgan fingerprint density at radius 2 is 1.08 bits per heavy atom. The molecule has 0 saturated heterocycles. The number of hydrogen-bond donors (Lipinski definition) is 0. The van der Waals surface area contributed by atoms with Crippen LogP contribution in [0.25, 0.3) is 45.6 Å². The summed E-state index contributed by atoms with van der Waals surface area (Å²) in [5, 5.41) is 11.1. The van der Waals surface area contributed by atoms with Crippen molar-refractivity contribution < 1.29 is 19.0 Å². The number of ether oxygens (including phenoxy) is 3. The Balaban J connectivity index is 0.000000174. The lowest BCUT2D eigenvalue weighted by atomic mass is 9.77. The molecule has 6 heterocycles. The third-order valence-corrected chi connectivity index (χ3v) is 21.3. The van der Waals surface area contributed by atoms with Crippen LogP contribution < -0.4 is 19.6 Å². The maximum atomic E-state index is 13.2. The van der Waals surface area contributed by atoms with Crippen LogP contribution in [0.1, 0.15) is 211 Å². The van der Waals surface area contributed by atoms with Crippen molar-refractivity contribution in [3.8, 4) is 51.9 Å². The van der Waals surface area contributed by atoms with Crippen LogP contribution >= 0.6 is 11.3 Å². The van der Waals surface area contributed by atoms with Crippen molar-refractivity contribution in [2.75, 3.05) is 42.5 Å². The average Bonchev–Trinajstić information content (AvgIpc) is 1.53. The number of pyridine rings is 2. The van der Waals surface area contributed by atoms with Crippen molar-refractivity contribution in [3.05, 3.63) is 321 Å². The van der Waals surface area contributed by atoms with E-state index in [9.17, 15) is 9.59 Å². The minimum absolute atomic E-state index is 0.0371. The molecule has 616 valence electrons. The minimum atomic E-state index is -0.0666. The number of rotatable bonds is 18. The number of carbonyl (C=O) groups is 1. The molecule has 1 unspecified atom stereocenters. The number of guanidine groups is 1. The molecule has 0 N–H and O–H groups in total. The number of benzene rings is 7. The van der Waals surface area contributed by atoms with Gasteiger partial charge in [-0.2, -0.15) is 5.26 Å². The highest BCUT2D eigenvalue weighted by Crippen LogP contribution is 2.38. The first-order chi connectivity index (χ1) is 56.6. The minimum Gasteiger partial charge on any atom is -0.497 e. The Bertz CT molecular complexity index is 5340. The molecular weight excluding hydrogens is 1480 g/mol. The summed E-state index contributed by atoms with van der Waals surface area (Å²) in [5.74, 6) is 7.70. The molecule has 0 spiro atoms. The maximum absolute atomic E-state index is 13.2. The van der Waals surface area contributed by atoms with Gasteiger partial charge in [0.25, 0.3) is 0 Å². The normalized spacial score (nSPS) is 12.2. The van der Waals surface area contributed by atoms with Crippen LogP contribution in [0, 0.1) is 17.4 Å². The summed E-state index contributed by atoms with van der Waals surface area (Å²) < 4.78 is 24.0. The highest BCUT2D eigenvalue weighted by atomic mass is 32.1. The van der Waals surface area contributed by atoms with Gasteiger partial charge in [-0.3, -0.25) is 19.5 Å². The number of Topliss-reactive ketones (excluding diaryl/α,β-unsaturated/α-hetero) is 1. The van der Waals surface area contributed by atoms with Gasteiger partial charge in [-0.15, -0.1) is 11.3 Å². The van der Waals surface area contributed by atoms with Crippen molar-refractivity contribution >= 4 is 45.9 Å². The third kappa shape index (κ3) is 26.7. The zero-order chi connectivity index (χ0) is 85.5. The van der Waals surface area contributed by atoms with Crippen molar-refractivity contribution in [1.29, 1.82) is 5.26 Å². The van der Waals surface area contributed by atoms with E-state index in [0.717, 1.165) is 59.0 Å². The molecule has 1 aliphatic carbocycles. The summed E-state index contributed by atoms with van der Waals surface area (Å²) in [5.41, 5.74) is 18.7. The summed E-state index contributed by atoms with van der Waals surface area (Å²) in [6.45, 7) is 30.7. The van der Waals surface area contributed by atoms with Gasteiger partial charge in [0.1, 0.15) is 11.6 Å². The molecule has 0 bridgehead atoms. The number of aliphatic imine (C=N–C) groups is 1. The number of allylic oxidation sites excluding steroid dienone is 1. The Morgan fingerprint density at radius 1 is 0.551 bits per heavy atom. The SMILES string of the molecule is CC(C)/C=C/c1ccncc1.CC(C)c1cc(-n2ccnc2)cs1.CC(C)c1ccc(-n2ccc(=O)cc2)cc1.CC(C)c1ccc(-n2ccnc2)cc1.CC(C)c1ccc(N=C(N(C)C)N(C)C#N)cc1.COc1ccc(-c2nc3ccc(C(C)C)cc3n2C)cc1.COc1ccc(C(=O)C2CCCc3cc(C(C)C)ccc32)cc1OC. The van der Waals surface area contributed by atoms with E-state index in [1.807, 2.05) is 124 Å². The van der Waals surface area contributed by atoms with Gasteiger partial charge in [-0.25, -0.2) is 19.9 Å². The molecule has 18 heteroatoms. The summed E-state index contributed by atoms with van der Waals surface area (Å²) in [7, 11) is 12.4. The number of nitrogens with zero attached hydrogens (tertiary/aromatic N) is 12. The smallest absolute Gasteiger partial charge is 0.214 e. The third-order valence-electron chi connectivity index (χ3n) is 20.1. The maximum Gasteiger partial charge on any atom is 0.214 e. The molecule has 0 fully saturated rings. The van der Waals surface area contributed by atoms with Crippen LogP contribution in [0.5, 0.6) is 17.2 Å². The van der Waals surface area contributed by atoms with Gasteiger partial charge in [0, 0.05) is 129 Å².